The Balaban J connectivity index is 2.49. The van der Waals surface area contributed by atoms with E-state index in [-0.39, 0.29) is 12.1 Å². The number of rotatable bonds is 4. The molecule has 1 aromatic heterocycles. The number of hydrogen-bond acceptors (Lipinski definition) is 5. The van der Waals surface area contributed by atoms with Crippen molar-refractivity contribution in [3.63, 3.8) is 0 Å². The lowest BCUT2D eigenvalue weighted by Crippen LogP contribution is -2.29. The first-order valence-corrected chi connectivity index (χ1v) is 5.04. The molecule has 2 atom stereocenters. The van der Waals surface area contributed by atoms with Gasteiger partial charge in [-0.2, -0.15) is 0 Å². The third kappa shape index (κ3) is 2.93. The largest absolute Gasteiger partial charge is 0.380 e. The maximum Gasteiger partial charge on any atom is 0.205 e. The number of ether oxygens (including phenoxy) is 1. The van der Waals surface area contributed by atoms with Gasteiger partial charge in [0, 0.05) is 7.11 Å². The monoisotopic (exact) mass is 201 g/mol. The molecule has 0 aliphatic heterocycles. The van der Waals surface area contributed by atoms with E-state index in [1.165, 1.54) is 0 Å². The summed E-state index contributed by atoms with van der Waals surface area (Å²) in [6.45, 7) is 6.02. The van der Waals surface area contributed by atoms with E-state index in [2.05, 4.69) is 22.4 Å². The number of aromatic nitrogens is 2. The van der Waals surface area contributed by atoms with Crippen LogP contribution in [0.15, 0.2) is 0 Å². The Kier molecular flexibility index (Phi) is 3.62. The van der Waals surface area contributed by atoms with Gasteiger partial charge in [0.1, 0.15) is 5.01 Å². The minimum Gasteiger partial charge on any atom is -0.380 e. The second-order valence-electron chi connectivity index (χ2n) is 3.00. The van der Waals surface area contributed by atoms with Gasteiger partial charge >= 0.3 is 0 Å². The van der Waals surface area contributed by atoms with Gasteiger partial charge in [-0.15, -0.1) is 10.2 Å². The third-order valence-corrected chi connectivity index (χ3v) is 2.72. The highest BCUT2D eigenvalue weighted by molar-refractivity contribution is 7.15. The summed E-state index contributed by atoms with van der Waals surface area (Å²) in [5.74, 6) is 0. The van der Waals surface area contributed by atoms with Crippen molar-refractivity contribution in [1.29, 1.82) is 0 Å². The van der Waals surface area contributed by atoms with Crippen LogP contribution in [0.25, 0.3) is 0 Å². The number of nitrogens with one attached hydrogen (secondary N) is 1. The van der Waals surface area contributed by atoms with E-state index >= 15 is 0 Å². The average molecular weight is 201 g/mol. The summed E-state index contributed by atoms with van der Waals surface area (Å²) in [5.41, 5.74) is 0. The molecule has 0 saturated carbocycles. The molecule has 2 unspecified atom stereocenters. The quantitative estimate of drug-likeness (QED) is 0.805. The highest BCUT2D eigenvalue weighted by Gasteiger charge is 2.12. The van der Waals surface area contributed by atoms with E-state index in [0.29, 0.717) is 0 Å². The molecule has 1 heterocycles. The summed E-state index contributed by atoms with van der Waals surface area (Å²) in [7, 11) is 1.70. The van der Waals surface area contributed by atoms with Crippen molar-refractivity contribution in [2.24, 2.45) is 0 Å². The lowest BCUT2D eigenvalue weighted by Gasteiger charge is -2.18. The van der Waals surface area contributed by atoms with E-state index in [0.717, 1.165) is 10.1 Å². The molecule has 1 N–H and O–H groups in total. The van der Waals surface area contributed by atoms with Crippen LogP contribution < -0.4 is 5.32 Å². The van der Waals surface area contributed by atoms with Crippen LogP contribution in [0.4, 0.5) is 5.13 Å². The lowest BCUT2D eigenvalue weighted by molar-refractivity contribution is 0.106. The van der Waals surface area contributed by atoms with Crippen molar-refractivity contribution in [2.75, 3.05) is 12.4 Å². The smallest absolute Gasteiger partial charge is 0.205 e. The first-order chi connectivity index (χ1) is 6.13. The molecule has 0 bridgehead atoms. The SMILES string of the molecule is COC(C)C(C)Nc1nnc(C)s1. The molecule has 0 aliphatic rings. The highest BCUT2D eigenvalue weighted by Crippen LogP contribution is 2.15. The van der Waals surface area contributed by atoms with Crippen LogP contribution in [0, 0.1) is 6.92 Å². The van der Waals surface area contributed by atoms with Crippen LogP contribution in [-0.2, 0) is 4.74 Å². The van der Waals surface area contributed by atoms with Crippen LogP contribution in [0.2, 0.25) is 0 Å². The Morgan fingerprint density at radius 3 is 2.54 bits per heavy atom. The fraction of sp³-hybridized carbons (Fsp3) is 0.750. The molecule has 74 valence electrons. The van der Waals surface area contributed by atoms with Crippen LogP contribution >= 0.6 is 11.3 Å². The second-order valence-corrected chi connectivity index (χ2v) is 4.18. The maximum absolute atomic E-state index is 5.18. The van der Waals surface area contributed by atoms with Gasteiger partial charge in [0.15, 0.2) is 0 Å². The molecule has 0 aliphatic carbocycles. The van der Waals surface area contributed by atoms with Crippen molar-refractivity contribution in [3.05, 3.63) is 5.01 Å². The third-order valence-electron chi connectivity index (χ3n) is 1.95. The van der Waals surface area contributed by atoms with Gasteiger partial charge in [-0.3, -0.25) is 0 Å². The predicted molar refractivity (Wildman–Crippen MR) is 54.2 cm³/mol. The molecule has 0 saturated heterocycles. The van der Waals surface area contributed by atoms with Gasteiger partial charge < -0.3 is 10.1 Å². The molecule has 13 heavy (non-hydrogen) atoms. The van der Waals surface area contributed by atoms with E-state index in [1.807, 2.05) is 13.8 Å². The van der Waals surface area contributed by atoms with Gasteiger partial charge in [-0.1, -0.05) is 11.3 Å². The Bertz CT molecular complexity index is 264. The zero-order chi connectivity index (χ0) is 9.84. The van der Waals surface area contributed by atoms with Gasteiger partial charge in [0.05, 0.1) is 12.1 Å². The molecular formula is C8H15N3OS. The minimum absolute atomic E-state index is 0.171. The molecule has 1 aromatic rings. The topological polar surface area (TPSA) is 47.0 Å². The zero-order valence-electron chi connectivity index (χ0n) is 8.37. The van der Waals surface area contributed by atoms with Gasteiger partial charge in [0.2, 0.25) is 5.13 Å². The lowest BCUT2D eigenvalue weighted by atomic mass is 10.2. The fourth-order valence-electron chi connectivity index (χ4n) is 0.871. The van der Waals surface area contributed by atoms with E-state index in [9.17, 15) is 0 Å². The Hall–Kier alpha value is -0.680. The van der Waals surface area contributed by atoms with E-state index in [1.54, 1.807) is 18.4 Å². The summed E-state index contributed by atoms with van der Waals surface area (Å²) >= 11 is 1.56. The highest BCUT2D eigenvalue weighted by atomic mass is 32.1. The molecule has 1 rings (SSSR count). The Morgan fingerprint density at radius 2 is 2.08 bits per heavy atom. The normalized spacial score (nSPS) is 15.4. The van der Waals surface area contributed by atoms with E-state index < -0.39 is 0 Å². The standard InChI is InChI=1S/C8H15N3OS/c1-5(6(2)12-4)9-8-11-10-7(3)13-8/h5-6H,1-4H3,(H,9,11). The molecule has 5 heteroatoms. The summed E-state index contributed by atoms with van der Waals surface area (Å²) in [4.78, 5) is 0. The van der Waals surface area contributed by atoms with Crippen LogP contribution in [-0.4, -0.2) is 29.5 Å². The van der Waals surface area contributed by atoms with Crippen molar-refractivity contribution < 1.29 is 4.74 Å². The number of hydrogen-bond donors (Lipinski definition) is 1. The van der Waals surface area contributed by atoms with Crippen molar-refractivity contribution in [3.8, 4) is 0 Å². The Morgan fingerprint density at radius 1 is 1.38 bits per heavy atom. The van der Waals surface area contributed by atoms with Crippen molar-refractivity contribution in [1.82, 2.24) is 10.2 Å². The van der Waals surface area contributed by atoms with E-state index in [4.69, 9.17) is 4.74 Å². The zero-order valence-corrected chi connectivity index (χ0v) is 9.18. The molecule has 0 radical (unpaired) electrons. The van der Waals surface area contributed by atoms with Crippen LogP contribution in [0.5, 0.6) is 0 Å². The maximum atomic E-state index is 5.18. The molecule has 4 nitrogen and oxygen atoms in total. The first kappa shape index (κ1) is 10.4. The van der Waals surface area contributed by atoms with Crippen LogP contribution in [0.3, 0.4) is 0 Å². The van der Waals surface area contributed by atoms with Crippen molar-refractivity contribution >= 4 is 16.5 Å². The number of aryl methyl sites for hydroxylation is 1. The van der Waals surface area contributed by atoms with Crippen LogP contribution in [0.1, 0.15) is 18.9 Å². The minimum atomic E-state index is 0.171. The number of anilines is 1. The molecular weight excluding hydrogens is 186 g/mol. The molecule has 0 spiro atoms. The van der Waals surface area contributed by atoms with Gasteiger partial charge in [-0.05, 0) is 20.8 Å². The van der Waals surface area contributed by atoms with Gasteiger partial charge in [0.25, 0.3) is 0 Å². The summed E-state index contributed by atoms with van der Waals surface area (Å²) < 4.78 is 5.18. The summed E-state index contributed by atoms with van der Waals surface area (Å²) in [6, 6.07) is 0.248. The number of methoxy groups -OCH3 is 1. The Labute approximate surface area is 82.3 Å². The molecule has 0 fully saturated rings. The van der Waals surface area contributed by atoms with Gasteiger partial charge in [-0.25, -0.2) is 0 Å². The first-order valence-electron chi connectivity index (χ1n) is 4.23. The molecule has 0 aromatic carbocycles. The summed E-state index contributed by atoms with van der Waals surface area (Å²) in [5, 5.41) is 13.0. The number of nitrogens with zero attached hydrogens (tertiary/aromatic N) is 2. The average Bonchev–Trinajstić information content (AvgIpc) is 2.49. The molecule has 0 amide bonds. The predicted octanol–water partition coefficient (Wildman–Crippen LogP) is 1.68. The van der Waals surface area contributed by atoms with Crippen molar-refractivity contribution in [2.45, 2.75) is 32.9 Å². The fourth-order valence-corrected chi connectivity index (χ4v) is 1.56. The second kappa shape index (κ2) is 4.53. The summed E-state index contributed by atoms with van der Waals surface area (Å²) in [6.07, 6.45) is 0.171.